The molecule has 0 spiro atoms. The number of benzene rings is 1. The number of hydrogen-bond donors (Lipinski definition) is 1. The molecule has 1 aromatic carbocycles. The lowest BCUT2D eigenvalue weighted by atomic mass is 9.99. The van der Waals surface area contributed by atoms with E-state index in [-0.39, 0.29) is 5.95 Å². The molecule has 0 amide bonds. The van der Waals surface area contributed by atoms with Gasteiger partial charge in [-0.05, 0) is 45.7 Å². The minimum atomic E-state index is 0.265. The summed E-state index contributed by atoms with van der Waals surface area (Å²) in [5.74, 6) is 1.56. The van der Waals surface area contributed by atoms with Crippen LogP contribution in [0, 0.1) is 20.8 Å². The topological polar surface area (TPSA) is 67.9 Å². The van der Waals surface area contributed by atoms with E-state index in [0.29, 0.717) is 11.8 Å². The molecule has 0 saturated heterocycles. The fourth-order valence-electron chi connectivity index (χ4n) is 2.67. The zero-order valence-electron chi connectivity index (χ0n) is 13.4. The molecule has 1 aromatic heterocycles. The SMILES string of the molecule is CCN(CC)c1nc(N)nc(-c2c(C)cc(C)cc2C)n1. The van der Waals surface area contributed by atoms with Crippen LogP contribution in [0.15, 0.2) is 12.1 Å². The normalized spacial score (nSPS) is 10.7. The summed E-state index contributed by atoms with van der Waals surface area (Å²) in [6, 6.07) is 4.28. The Morgan fingerprint density at radius 1 is 0.952 bits per heavy atom. The molecule has 5 nitrogen and oxygen atoms in total. The first-order chi connectivity index (χ1) is 9.96. The number of aromatic nitrogens is 3. The molecular formula is C16H23N5. The van der Waals surface area contributed by atoms with Crippen LogP contribution in [-0.2, 0) is 0 Å². The summed E-state index contributed by atoms with van der Waals surface area (Å²) in [6.07, 6.45) is 0. The van der Waals surface area contributed by atoms with Gasteiger partial charge in [0.25, 0.3) is 0 Å². The van der Waals surface area contributed by atoms with E-state index in [1.54, 1.807) is 0 Å². The Hall–Kier alpha value is -2.17. The first kappa shape index (κ1) is 15.2. The van der Waals surface area contributed by atoms with Crippen molar-refractivity contribution in [2.24, 2.45) is 0 Å². The van der Waals surface area contributed by atoms with Crippen molar-refractivity contribution in [1.82, 2.24) is 15.0 Å². The molecule has 2 rings (SSSR count). The van der Waals surface area contributed by atoms with Crippen LogP contribution in [0.2, 0.25) is 0 Å². The van der Waals surface area contributed by atoms with Crippen molar-refractivity contribution in [2.45, 2.75) is 34.6 Å². The Morgan fingerprint density at radius 3 is 2.05 bits per heavy atom. The van der Waals surface area contributed by atoms with E-state index in [1.165, 1.54) is 5.56 Å². The summed E-state index contributed by atoms with van der Waals surface area (Å²) in [5, 5.41) is 0. The second kappa shape index (κ2) is 6.08. The van der Waals surface area contributed by atoms with Crippen LogP contribution in [0.1, 0.15) is 30.5 Å². The van der Waals surface area contributed by atoms with Gasteiger partial charge in [-0.2, -0.15) is 15.0 Å². The second-order valence-electron chi connectivity index (χ2n) is 5.26. The number of nitrogens with two attached hydrogens (primary N) is 1. The minimum Gasteiger partial charge on any atom is -0.368 e. The summed E-state index contributed by atoms with van der Waals surface area (Å²) < 4.78 is 0. The highest BCUT2D eigenvalue weighted by Gasteiger charge is 2.14. The van der Waals surface area contributed by atoms with Gasteiger partial charge in [0.15, 0.2) is 5.82 Å². The zero-order chi connectivity index (χ0) is 15.6. The smallest absolute Gasteiger partial charge is 0.230 e. The van der Waals surface area contributed by atoms with E-state index in [1.807, 2.05) is 0 Å². The van der Waals surface area contributed by atoms with Gasteiger partial charge >= 0.3 is 0 Å². The van der Waals surface area contributed by atoms with Gasteiger partial charge in [0.2, 0.25) is 11.9 Å². The van der Waals surface area contributed by atoms with E-state index < -0.39 is 0 Å². The molecular weight excluding hydrogens is 262 g/mol. The van der Waals surface area contributed by atoms with Crippen LogP contribution in [0.5, 0.6) is 0 Å². The molecule has 0 unspecified atom stereocenters. The molecule has 1 heterocycles. The number of anilines is 2. The largest absolute Gasteiger partial charge is 0.368 e. The number of rotatable bonds is 4. The molecule has 0 saturated carbocycles. The van der Waals surface area contributed by atoms with Gasteiger partial charge in [0, 0.05) is 18.7 Å². The van der Waals surface area contributed by atoms with Crippen molar-refractivity contribution in [2.75, 3.05) is 23.7 Å². The molecule has 21 heavy (non-hydrogen) atoms. The third kappa shape index (κ3) is 3.12. The third-order valence-electron chi connectivity index (χ3n) is 3.59. The summed E-state index contributed by atoms with van der Waals surface area (Å²) in [5.41, 5.74) is 10.5. The predicted molar refractivity (Wildman–Crippen MR) is 87.4 cm³/mol. The summed E-state index contributed by atoms with van der Waals surface area (Å²) >= 11 is 0. The number of nitrogen functional groups attached to an aromatic ring is 1. The van der Waals surface area contributed by atoms with Crippen molar-refractivity contribution >= 4 is 11.9 Å². The fourth-order valence-corrected chi connectivity index (χ4v) is 2.67. The van der Waals surface area contributed by atoms with Crippen LogP contribution >= 0.6 is 0 Å². The van der Waals surface area contributed by atoms with Crippen molar-refractivity contribution in [1.29, 1.82) is 0 Å². The summed E-state index contributed by atoms with van der Waals surface area (Å²) in [6.45, 7) is 12.1. The highest BCUT2D eigenvalue weighted by molar-refractivity contribution is 5.66. The molecule has 5 heteroatoms. The van der Waals surface area contributed by atoms with Gasteiger partial charge in [-0.15, -0.1) is 0 Å². The van der Waals surface area contributed by atoms with E-state index in [2.05, 4.69) is 66.6 Å². The van der Waals surface area contributed by atoms with Crippen LogP contribution in [0.25, 0.3) is 11.4 Å². The van der Waals surface area contributed by atoms with Gasteiger partial charge in [0.1, 0.15) is 0 Å². The first-order valence-electron chi connectivity index (χ1n) is 7.31. The monoisotopic (exact) mass is 285 g/mol. The Balaban J connectivity index is 2.60. The lowest BCUT2D eigenvalue weighted by Gasteiger charge is -2.19. The lowest BCUT2D eigenvalue weighted by molar-refractivity contribution is 0.816. The summed E-state index contributed by atoms with van der Waals surface area (Å²) in [4.78, 5) is 15.3. The molecule has 2 N–H and O–H groups in total. The maximum absolute atomic E-state index is 5.89. The number of nitrogens with zero attached hydrogens (tertiary/aromatic N) is 4. The van der Waals surface area contributed by atoms with Gasteiger partial charge in [0.05, 0.1) is 0 Å². The van der Waals surface area contributed by atoms with Crippen molar-refractivity contribution in [3.63, 3.8) is 0 Å². The van der Waals surface area contributed by atoms with E-state index in [9.17, 15) is 0 Å². The third-order valence-corrected chi connectivity index (χ3v) is 3.59. The second-order valence-corrected chi connectivity index (χ2v) is 5.26. The first-order valence-corrected chi connectivity index (χ1v) is 7.31. The average Bonchev–Trinajstić information content (AvgIpc) is 2.38. The van der Waals surface area contributed by atoms with Crippen LogP contribution < -0.4 is 10.6 Å². The molecule has 0 fully saturated rings. The fraction of sp³-hybridized carbons (Fsp3) is 0.438. The van der Waals surface area contributed by atoms with Gasteiger partial charge in [-0.3, -0.25) is 0 Å². The molecule has 2 aromatic rings. The number of aryl methyl sites for hydroxylation is 3. The molecule has 0 radical (unpaired) electrons. The van der Waals surface area contributed by atoms with Crippen molar-refractivity contribution in [3.8, 4) is 11.4 Å². The minimum absolute atomic E-state index is 0.265. The maximum atomic E-state index is 5.89. The van der Waals surface area contributed by atoms with Crippen LogP contribution in [0.3, 0.4) is 0 Å². The van der Waals surface area contributed by atoms with Crippen LogP contribution in [-0.4, -0.2) is 28.0 Å². The molecule has 0 atom stereocenters. The average molecular weight is 285 g/mol. The van der Waals surface area contributed by atoms with E-state index in [4.69, 9.17) is 5.73 Å². The molecule has 0 aliphatic rings. The van der Waals surface area contributed by atoms with Crippen LogP contribution in [0.4, 0.5) is 11.9 Å². The van der Waals surface area contributed by atoms with E-state index >= 15 is 0 Å². The predicted octanol–water partition coefficient (Wildman–Crippen LogP) is 2.89. The Kier molecular flexibility index (Phi) is 4.40. The van der Waals surface area contributed by atoms with Gasteiger partial charge in [-0.25, -0.2) is 0 Å². The van der Waals surface area contributed by atoms with Crippen molar-refractivity contribution < 1.29 is 0 Å². The Labute approximate surface area is 126 Å². The Morgan fingerprint density at radius 2 is 1.52 bits per heavy atom. The molecule has 0 bridgehead atoms. The van der Waals surface area contributed by atoms with E-state index in [0.717, 1.165) is 29.8 Å². The highest BCUT2D eigenvalue weighted by atomic mass is 15.3. The standard InChI is InChI=1S/C16H23N5/c1-6-21(7-2)16-19-14(18-15(17)20-16)13-11(4)8-10(3)9-12(13)5/h8-9H,6-7H2,1-5H3,(H2,17,18,19,20). The quantitative estimate of drug-likeness (QED) is 0.935. The molecule has 0 aliphatic heterocycles. The maximum Gasteiger partial charge on any atom is 0.230 e. The lowest BCUT2D eigenvalue weighted by Crippen LogP contribution is -2.25. The Bertz CT molecular complexity index is 624. The van der Waals surface area contributed by atoms with Crippen molar-refractivity contribution in [3.05, 3.63) is 28.8 Å². The molecule has 0 aliphatic carbocycles. The number of hydrogen-bond acceptors (Lipinski definition) is 5. The molecule has 112 valence electrons. The van der Waals surface area contributed by atoms with Gasteiger partial charge < -0.3 is 10.6 Å². The van der Waals surface area contributed by atoms with Gasteiger partial charge in [-0.1, -0.05) is 17.7 Å². The highest BCUT2D eigenvalue weighted by Crippen LogP contribution is 2.27. The zero-order valence-corrected chi connectivity index (χ0v) is 13.4. The summed E-state index contributed by atoms with van der Waals surface area (Å²) in [7, 11) is 0.